The van der Waals surface area contributed by atoms with Crippen LogP contribution in [0.1, 0.15) is 0 Å². The standard InChI is InChI=1S/C13H19N5O3/c1-5-7-18-9-10(15-12(18)14-6-8-21-4)16(2)13(20)17(3)11(9)19/h5,9H,1,6-8H2,2-4H3/p+1. The maximum absolute atomic E-state index is 12.4. The normalized spacial score (nSPS) is 21.7. The van der Waals surface area contributed by atoms with Gasteiger partial charge in [-0.15, -0.1) is 0 Å². The monoisotopic (exact) mass is 294 g/mol. The number of imide groups is 1. The molecule has 2 heterocycles. The van der Waals surface area contributed by atoms with Gasteiger partial charge in [-0.1, -0.05) is 17.6 Å². The number of hydrogen-bond donors (Lipinski definition) is 1. The van der Waals surface area contributed by atoms with Crippen molar-refractivity contribution in [2.75, 3.05) is 40.9 Å². The number of likely N-dealkylation sites (N-methyl/N-ethyl adjacent to an activating group) is 2. The van der Waals surface area contributed by atoms with Gasteiger partial charge in [0.2, 0.25) is 11.9 Å². The van der Waals surface area contributed by atoms with Crippen molar-refractivity contribution >= 4 is 23.7 Å². The van der Waals surface area contributed by atoms with Gasteiger partial charge in [-0.3, -0.25) is 19.9 Å². The van der Waals surface area contributed by atoms with E-state index in [2.05, 4.69) is 16.9 Å². The molecule has 8 nitrogen and oxygen atoms in total. The van der Waals surface area contributed by atoms with Crippen molar-refractivity contribution in [2.24, 2.45) is 4.99 Å². The van der Waals surface area contributed by atoms with Gasteiger partial charge in [0.1, 0.15) is 0 Å². The zero-order chi connectivity index (χ0) is 15.6. The smallest absolute Gasteiger partial charge is 0.381 e. The van der Waals surface area contributed by atoms with Gasteiger partial charge in [0, 0.05) is 21.2 Å². The molecule has 2 rings (SSSR count). The Labute approximate surface area is 123 Å². The van der Waals surface area contributed by atoms with Crippen LogP contribution >= 0.6 is 0 Å². The fraction of sp³-hybridized carbons (Fsp3) is 0.538. The van der Waals surface area contributed by atoms with Gasteiger partial charge in [-0.2, -0.15) is 0 Å². The zero-order valence-corrected chi connectivity index (χ0v) is 12.5. The van der Waals surface area contributed by atoms with E-state index in [4.69, 9.17) is 4.74 Å². The number of aliphatic imine (C=N–C) groups is 1. The number of rotatable bonds is 5. The van der Waals surface area contributed by atoms with Crippen LogP contribution in [0.15, 0.2) is 17.6 Å². The minimum absolute atomic E-state index is 0.290. The van der Waals surface area contributed by atoms with E-state index in [1.165, 1.54) is 11.9 Å². The summed E-state index contributed by atoms with van der Waals surface area (Å²) in [6.45, 7) is 5.24. The number of nitrogens with one attached hydrogen (secondary N) is 1. The maximum Gasteiger partial charge on any atom is 0.390 e. The Bertz CT molecular complexity index is 540. The molecule has 0 bridgehead atoms. The first-order chi connectivity index (χ1) is 10.0. The second-order valence-electron chi connectivity index (χ2n) is 4.80. The van der Waals surface area contributed by atoms with E-state index in [0.29, 0.717) is 31.5 Å². The van der Waals surface area contributed by atoms with Gasteiger partial charge in [-0.25, -0.2) is 9.37 Å². The highest BCUT2D eigenvalue weighted by Gasteiger charge is 2.50. The van der Waals surface area contributed by atoms with Crippen molar-refractivity contribution < 1.29 is 18.9 Å². The van der Waals surface area contributed by atoms with Crippen LogP contribution in [0.25, 0.3) is 0 Å². The lowest BCUT2D eigenvalue weighted by molar-refractivity contribution is -0.527. The average molecular weight is 294 g/mol. The van der Waals surface area contributed by atoms with Crippen LogP contribution in [0, 0.1) is 0 Å². The molecule has 1 unspecified atom stereocenters. The van der Waals surface area contributed by atoms with E-state index in [0.717, 1.165) is 4.90 Å². The molecule has 0 radical (unpaired) electrons. The number of hydrogen-bond acceptors (Lipinski definition) is 5. The fourth-order valence-corrected chi connectivity index (χ4v) is 2.34. The predicted molar refractivity (Wildman–Crippen MR) is 77.4 cm³/mol. The molecule has 21 heavy (non-hydrogen) atoms. The third kappa shape index (κ3) is 2.54. The minimum atomic E-state index is -0.597. The van der Waals surface area contributed by atoms with Crippen molar-refractivity contribution in [2.45, 2.75) is 6.04 Å². The van der Waals surface area contributed by atoms with Gasteiger partial charge in [0.05, 0.1) is 19.7 Å². The molecule has 0 spiro atoms. The highest BCUT2D eigenvalue weighted by Crippen LogP contribution is 2.18. The lowest BCUT2D eigenvalue weighted by Crippen LogP contribution is -2.61. The van der Waals surface area contributed by atoms with Gasteiger partial charge < -0.3 is 4.74 Å². The lowest BCUT2D eigenvalue weighted by Gasteiger charge is -2.31. The van der Waals surface area contributed by atoms with Crippen molar-refractivity contribution in [1.82, 2.24) is 15.1 Å². The molecule has 1 saturated heterocycles. The highest BCUT2D eigenvalue weighted by molar-refractivity contribution is 6.22. The van der Waals surface area contributed by atoms with E-state index < -0.39 is 6.04 Å². The fourth-order valence-electron chi connectivity index (χ4n) is 2.34. The summed E-state index contributed by atoms with van der Waals surface area (Å²) in [7, 11) is 4.70. The van der Waals surface area contributed by atoms with Crippen molar-refractivity contribution in [3.8, 4) is 0 Å². The molecule has 1 fully saturated rings. The molecule has 2 aliphatic heterocycles. The van der Waals surface area contributed by atoms with E-state index in [-0.39, 0.29) is 11.9 Å². The van der Waals surface area contributed by atoms with Crippen molar-refractivity contribution in [3.63, 3.8) is 0 Å². The third-order valence-electron chi connectivity index (χ3n) is 3.45. The van der Waals surface area contributed by atoms with Crippen LogP contribution in [0.4, 0.5) is 4.79 Å². The number of methoxy groups -OCH3 is 1. The molecule has 0 aromatic heterocycles. The molecule has 3 amide bonds. The molecule has 0 saturated carbocycles. The summed E-state index contributed by atoms with van der Waals surface area (Å²) < 4.78 is 6.78. The van der Waals surface area contributed by atoms with Gasteiger partial charge in [0.25, 0.3) is 5.91 Å². The van der Waals surface area contributed by atoms with E-state index >= 15 is 0 Å². The van der Waals surface area contributed by atoms with Crippen LogP contribution in [-0.2, 0) is 9.53 Å². The summed E-state index contributed by atoms with van der Waals surface area (Å²) in [6, 6.07) is -0.979. The lowest BCUT2D eigenvalue weighted by atomic mass is 10.1. The quantitative estimate of drug-likeness (QED) is 0.404. The van der Waals surface area contributed by atoms with Crippen LogP contribution in [0.3, 0.4) is 0 Å². The molecular weight excluding hydrogens is 274 g/mol. The summed E-state index contributed by atoms with van der Waals surface area (Å²) in [4.78, 5) is 31.3. The number of amidine groups is 1. The number of guanidine groups is 1. The minimum Gasteiger partial charge on any atom is -0.381 e. The molecule has 1 N–H and O–H groups in total. The highest BCUT2D eigenvalue weighted by atomic mass is 16.5. The number of urea groups is 1. The summed E-state index contributed by atoms with van der Waals surface area (Å²) in [6.07, 6.45) is 1.69. The predicted octanol–water partition coefficient (Wildman–Crippen LogP) is -0.919. The van der Waals surface area contributed by atoms with Crippen molar-refractivity contribution in [3.05, 3.63) is 12.7 Å². The Morgan fingerprint density at radius 2 is 2.14 bits per heavy atom. The van der Waals surface area contributed by atoms with Gasteiger partial charge in [0.15, 0.2) is 0 Å². The number of carbonyl (C=O) groups excluding carboxylic acids is 2. The second-order valence-corrected chi connectivity index (χ2v) is 4.80. The van der Waals surface area contributed by atoms with Crippen LogP contribution in [-0.4, -0.2) is 85.1 Å². The Morgan fingerprint density at radius 1 is 1.43 bits per heavy atom. The summed E-state index contributed by atoms with van der Waals surface area (Å²) in [5, 5.41) is 3.12. The summed E-state index contributed by atoms with van der Waals surface area (Å²) in [5.74, 6) is 0.697. The average Bonchev–Trinajstić information content (AvgIpc) is 2.83. The summed E-state index contributed by atoms with van der Waals surface area (Å²) >= 11 is 0. The molecule has 2 aliphatic rings. The summed E-state index contributed by atoms with van der Waals surface area (Å²) in [5.41, 5.74) is 0. The topological polar surface area (TPSA) is 77.2 Å². The van der Waals surface area contributed by atoms with Crippen molar-refractivity contribution in [1.29, 1.82) is 0 Å². The second kappa shape index (κ2) is 6.04. The van der Waals surface area contributed by atoms with Crippen LogP contribution in [0.5, 0.6) is 0 Å². The number of amides is 3. The molecule has 0 aromatic carbocycles. The zero-order valence-electron chi connectivity index (χ0n) is 12.5. The largest absolute Gasteiger partial charge is 0.390 e. The van der Waals surface area contributed by atoms with Crippen LogP contribution in [0.2, 0.25) is 0 Å². The number of ether oxygens (including phenoxy) is 1. The first kappa shape index (κ1) is 15.2. The number of carbonyl (C=O) groups is 2. The number of fused-ring (bicyclic) bond motifs is 1. The molecule has 8 heteroatoms. The Hall–Kier alpha value is -2.22. The first-order valence-corrected chi connectivity index (χ1v) is 6.64. The number of nitrogens with zero attached hydrogens (tertiary/aromatic N) is 4. The maximum atomic E-state index is 12.4. The molecule has 0 aliphatic carbocycles. The van der Waals surface area contributed by atoms with Gasteiger partial charge in [-0.05, 0) is 0 Å². The van der Waals surface area contributed by atoms with E-state index in [1.54, 1.807) is 24.8 Å². The molecule has 1 atom stereocenters. The van der Waals surface area contributed by atoms with E-state index in [9.17, 15) is 9.59 Å². The van der Waals surface area contributed by atoms with Crippen LogP contribution < -0.4 is 5.32 Å². The molecule has 114 valence electrons. The third-order valence-corrected chi connectivity index (χ3v) is 3.45. The Balaban J connectivity index is 2.33. The molecule has 0 aromatic rings. The Kier molecular flexibility index (Phi) is 4.37. The Morgan fingerprint density at radius 3 is 2.76 bits per heavy atom. The molecular formula is C13H20N5O3+. The SMILES string of the molecule is C=CC[N+]1=C(NCCOC)N=C2C1C(=O)N(C)C(=O)N2C. The van der Waals surface area contributed by atoms with E-state index in [1.807, 2.05) is 0 Å². The van der Waals surface area contributed by atoms with Gasteiger partial charge >= 0.3 is 12.0 Å². The first-order valence-electron chi connectivity index (χ1n) is 6.64.